The van der Waals surface area contributed by atoms with E-state index in [0.717, 1.165) is 23.0 Å². The standard InChI is InChI=1S/C21H16ClN3O2S/c1-2-24-12-13(16-5-3-4-6-18(16)24)11-17-19(26)23-21(28)25(20(17)27)15-9-7-14(22)8-10-15/h3-12H,2H2,1H3,(H,23,26,28)/b17-11+. The van der Waals surface area contributed by atoms with Crippen LogP contribution in [0.4, 0.5) is 5.69 Å². The number of benzene rings is 2. The van der Waals surface area contributed by atoms with Crippen molar-refractivity contribution in [1.82, 2.24) is 9.88 Å². The van der Waals surface area contributed by atoms with Crippen LogP contribution in [0.1, 0.15) is 12.5 Å². The van der Waals surface area contributed by atoms with Crippen LogP contribution in [0.3, 0.4) is 0 Å². The molecule has 4 rings (SSSR count). The van der Waals surface area contributed by atoms with Gasteiger partial charge in [0.15, 0.2) is 5.11 Å². The van der Waals surface area contributed by atoms with Crippen molar-refractivity contribution in [2.24, 2.45) is 0 Å². The van der Waals surface area contributed by atoms with Crippen molar-refractivity contribution < 1.29 is 9.59 Å². The van der Waals surface area contributed by atoms with Crippen molar-refractivity contribution in [1.29, 1.82) is 0 Å². The van der Waals surface area contributed by atoms with Crippen molar-refractivity contribution >= 4 is 63.4 Å². The second kappa shape index (κ2) is 7.22. The van der Waals surface area contributed by atoms with Gasteiger partial charge in [-0.2, -0.15) is 0 Å². The van der Waals surface area contributed by atoms with E-state index in [-0.39, 0.29) is 10.7 Å². The fourth-order valence-electron chi connectivity index (χ4n) is 3.29. The van der Waals surface area contributed by atoms with E-state index in [1.165, 1.54) is 4.90 Å². The van der Waals surface area contributed by atoms with Gasteiger partial charge in [-0.25, -0.2) is 0 Å². The third-order valence-corrected chi connectivity index (χ3v) is 5.18. The van der Waals surface area contributed by atoms with Gasteiger partial charge in [0.2, 0.25) is 0 Å². The van der Waals surface area contributed by atoms with Gasteiger partial charge in [-0.15, -0.1) is 0 Å². The van der Waals surface area contributed by atoms with Crippen LogP contribution < -0.4 is 10.2 Å². The molecule has 0 spiro atoms. The number of halogens is 1. The third kappa shape index (κ3) is 3.10. The topological polar surface area (TPSA) is 54.3 Å². The Labute approximate surface area is 172 Å². The highest BCUT2D eigenvalue weighted by Gasteiger charge is 2.34. The smallest absolute Gasteiger partial charge is 0.270 e. The Morgan fingerprint density at radius 1 is 1.11 bits per heavy atom. The Morgan fingerprint density at radius 3 is 2.54 bits per heavy atom. The zero-order chi connectivity index (χ0) is 19.8. The Balaban J connectivity index is 1.80. The molecule has 140 valence electrons. The lowest BCUT2D eigenvalue weighted by molar-refractivity contribution is -0.122. The zero-order valence-corrected chi connectivity index (χ0v) is 16.6. The highest BCUT2D eigenvalue weighted by atomic mass is 35.5. The molecule has 0 aliphatic carbocycles. The second-order valence-electron chi connectivity index (χ2n) is 6.32. The first-order valence-electron chi connectivity index (χ1n) is 8.74. The lowest BCUT2D eigenvalue weighted by Gasteiger charge is -2.28. The highest BCUT2D eigenvalue weighted by Crippen LogP contribution is 2.27. The first kappa shape index (κ1) is 18.4. The summed E-state index contributed by atoms with van der Waals surface area (Å²) in [6.07, 6.45) is 3.56. The fraction of sp³-hybridized carbons (Fsp3) is 0.0952. The monoisotopic (exact) mass is 409 g/mol. The summed E-state index contributed by atoms with van der Waals surface area (Å²) in [7, 11) is 0. The van der Waals surface area contributed by atoms with Gasteiger partial charge in [-0.05, 0) is 55.5 Å². The van der Waals surface area contributed by atoms with E-state index < -0.39 is 11.8 Å². The van der Waals surface area contributed by atoms with Crippen molar-refractivity contribution in [3.05, 3.63) is 70.9 Å². The molecule has 2 amide bonds. The van der Waals surface area contributed by atoms with Crippen LogP contribution in [0, 0.1) is 0 Å². The van der Waals surface area contributed by atoms with Gasteiger partial charge in [0.1, 0.15) is 5.57 Å². The number of para-hydroxylation sites is 1. The molecule has 5 nitrogen and oxygen atoms in total. The predicted molar refractivity (Wildman–Crippen MR) is 115 cm³/mol. The number of aromatic nitrogens is 1. The molecule has 3 aromatic rings. The summed E-state index contributed by atoms with van der Waals surface area (Å²) in [4.78, 5) is 26.9. The first-order valence-corrected chi connectivity index (χ1v) is 9.53. The molecule has 0 bridgehead atoms. The number of nitrogens with one attached hydrogen (secondary N) is 1. The van der Waals surface area contributed by atoms with E-state index in [2.05, 4.69) is 9.88 Å². The van der Waals surface area contributed by atoms with Crippen LogP contribution in [0.25, 0.3) is 17.0 Å². The molecule has 1 aromatic heterocycles. The number of amides is 2. The average molecular weight is 410 g/mol. The summed E-state index contributed by atoms with van der Waals surface area (Å²) in [6, 6.07) is 14.6. The Kier molecular flexibility index (Phi) is 4.75. The number of nitrogens with zero attached hydrogens (tertiary/aromatic N) is 2. The van der Waals surface area contributed by atoms with Gasteiger partial charge < -0.3 is 4.57 Å². The van der Waals surface area contributed by atoms with Gasteiger partial charge in [0, 0.05) is 34.2 Å². The third-order valence-electron chi connectivity index (χ3n) is 4.65. The molecular weight excluding hydrogens is 394 g/mol. The maximum atomic E-state index is 13.1. The largest absolute Gasteiger partial charge is 0.347 e. The summed E-state index contributed by atoms with van der Waals surface area (Å²) in [5.74, 6) is -0.974. The molecule has 0 radical (unpaired) electrons. The normalized spacial score (nSPS) is 16.1. The number of aryl methyl sites for hydroxylation is 1. The van der Waals surface area contributed by atoms with Crippen LogP contribution in [0.15, 0.2) is 60.3 Å². The molecule has 1 aliphatic rings. The molecule has 2 heterocycles. The number of carbonyl (C=O) groups is 2. The lowest BCUT2D eigenvalue weighted by Crippen LogP contribution is -2.54. The Hall–Kier alpha value is -2.96. The second-order valence-corrected chi connectivity index (χ2v) is 7.15. The van der Waals surface area contributed by atoms with Crippen molar-refractivity contribution in [2.45, 2.75) is 13.5 Å². The zero-order valence-electron chi connectivity index (χ0n) is 15.0. The van der Waals surface area contributed by atoms with Crippen molar-refractivity contribution in [3.8, 4) is 0 Å². The number of hydrogen-bond donors (Lipinski definition) is 1. The summed E-state index contributed by atoms with van der Waals surface area (Å²) < 4.78 is 2.08. The van der Waals surface area contributed by atoms with E-state index in [9.17, 15) is 9.59 Å². The molecule has 0 unspecified atom stereocenters. The van der Waals surface area contributed by atoms with Gasteiger partial charge in [0.05, 0.1) is 5.69 Å². The molecule has 0 atom stereocenters. The van der Waals surface area contributed by atoms with Crippen LogP contribution in [-0.4, -0.2) is 21.5 Å². The van der Waals surface area contributed by atoms with E-state index in [0.29, 0.717) is 10.7 Å². The maximum absolute atomic E-state index is 13.1. The minimum absolute atomic E-state index is 0.0301. The van der Waals surface area contributed by atoms with Crippen LogP contribution in [0.5, 0.6) is 0 Å². The van der Waals surface area contributed by atoms with Crippen molar-refractivity contribution in [2.75, 3.05) is 4.90 Å². The van der Waals surface area contributed by atoms with E-state index in [4.69, 9.17) is 23.8 Å². The molecule has 2 aromatic carbocycles. The van der Waals surface area contributed by atoms with Crippen molar-refractivity contribution in [3.63, 3.8) is 0 Å². The first-order chi connectivity index (χ1) is 13.5. The van der Waals surface area contributed by atoms with Gasteiger partial charge >= 0.3 is 0 Å². The van der Waals surface area contributed by atoms with E-state index >= 15 is 0 Å². The number of fused-ring (bicyclic) bond motifs is 1. The molecule has 1 saturated heterocycles. The van der Waals surface area contributed by atoms with Gasteiger partial charge in [-0.3, -0.25) is 19.8 Å². The lowest BCUT2D eigenvalue weighted by atomic mass is 10.1. The minimum atomic E-state index is -0.506. The summed E-state index contributed by atoms with van der Waals surface area (Å²) in [5.41, 5.74) is 2.43. The highest BCUT2D eigenvalue weighted by molar-refractivity contribution is 7.80. The molecule has 0 saturated carbocycles. The summed E-state index contributed by atoms with van der Waals surface area (Å²) in [5, 5.41) is 4.17. The van der Waals surface area contributed by atoms with Crippen LogP contribution in [0.2, 0.25) is 5.02 Å². The number of anilines is 1. The molecule has 1 N–H and O–H groups in total. The minimum Gasteiger partial charge on any atom is -0.347 e. The number of carbonyl (C=O) groups excluding carboxylic acids is 2. The summed E-state index contributed by atoms with van der Waals surface area (Å²) >= 11 is 11.2. The Morgan fingerprint density at radius 2 is 1.82 bits per heavy atom. The molecule has 1 fully saturated rings. The number of thiocarbonyl (C=S) groups is 1. The van der Waals surface area contributed by atoms with E-state index in [1.807, 2.05) is 37.4 Å². The maximum Gasteiger partial charge on any atom is 0.270 e. The quantitative estimate of drug-likeness (QED) is 0.401. The van der Waals surface area contributed by atoms with Crippen LogP contribution >= 0.6 is 23.8 Å². The molecule has 28 heavy (non-hydrogen) atoms. The fourth-order valence-corrected chi connectivity index (χ4v) is 3.70. The number of hydrogen-bond acceptors (Lipinski definition) is 3. The predicted octanol–water partition coefficient (Wildman–Crippen LogP) is 4.15. The van der Waals surface area contributed by atoms with Gasteiger partial charge in [0.25, 0.3) is 11.8 Å². The SMILES string of the molecule is CCn1cc(/C=C2\C(=O)NC(=S)N(c3ccc(Cl)cc3)C2=O)c2ccccc21. The average Bonchev–Trinajstić information content (AvgIpc) is 3.04. The Bertz CT molecular complexity index is 1150. The molecule has 7 heteroatoms. The number of rotatable bonds is 3. The van der Waals surface area contributed by atoms with Gasteiger partial charge in [-0.1, -0.05) is 29.8 Å². The summed E-state index contributed by atoms with van der Waals surface area (Å²) in [6.45, 7) is 2.83. The molecular formula is C21H16ClN3O2S. The molecule has 1 aliphatic heterocycles. The van der Waals surface area contributed by atoms with Crippen LogP contribution in [-0.2, 0) is 16.1 Å². The van der Waals surface area contributed by atoms with E-state index in [1.54, 1.807) is 30.3 Å².